The fourth-order valence-electron chi connectivity index (χ4n) is 2.33. The van der Waals surface area contributed by atoms with Gasteiger partial charge in [-0.3, -0.25) is 0 Å². The Morgan fingerprint density at radius 3 is 2.88 bits per heavy atom. The highest BCUT2D eigenvalue weighted by molar-refractivity contribution is 6.34. The molecule has 84 valence electrons. The number of rotatable bonds is 2. The summed E-state index contributed by atoms with van der Waals surface area (Å²) in [6.45, 7) is 4.24. The lowest BCUT2D eigenvalue weighted by Gasteiger charge is -2.04. The molecular formula is C13H15ClN2. The van der Waals surface area contributed by atoms with Gasteiger partial charge < -0.3 is 4.98 Å². The van der Waals surface area contributed by atoms with Crippen molar-refractivity contribution in [2.45, 2.75) is 33.1 Å². The third kappa shape index (κ3) is 1.52. The fraction of sp³-hybridized carbons (Fsp3) is 0.462. The van der Waals surface area contributed by atoms with Gasteiger partial charge in [-0.25, -0.2) is 4.98 Å². The van der Waals surface area contributed by atoms with Gasteiger partial charge in [0.05, 0.1) is 5.52 Å². The largest absolute Gasteiger partial charge is 0.356 e. The van der Waals surface area contributed by atoms with Gasteiger partial charge in [0.1, 0.15) is 0 Å². The Balaban J connectivity index is 2.23. The highest BCUT2D eigenvalue weighted by Crippen LogP contribution is 2.36. The summed E-state index contributed by atoms with van der Waals surface area (Å²) in [5.41, 5.74) is 4.87. The number of aromatic amines is 1. The molecule has 0 spiro atoms. The molecule has 0 saturated heterocycles. The molecule has 0 atom stereocenters. The summed E-state index contributed by atoms with van der Waals surface area (Å²) in [4.78, 5) is 7.61. The number of pyridine rings is 1. The summed E-state index contributed by atoms with van der Waals surface area (Å²) in [6.07, 6.45) is 5.83. The number of H-pyrrole nitrogens is 1. The molecule has 2 aromatic rings. The van der Waals surface area contributed by atoms with E-state index in [2.05, 4.69) is 23.8 Å². The van der Waals surface area contributed by atoms with Crippen molar-refractivity contribution in [2.75, 3.05) is 0 Å². The zero-order valence-electron chi connectivity index (χ0n) is 9.60. The zero-order valence-corrected chi connectivity index (χ0v) is 10.4. The van der Waals surface area contributed by atoms with E-state index in [0.29, 0.717) is 5.15 Å². The van der Waals surface area contributed by atoms with E-state index in [4.69, 9.17) is 11.6 Å². The molecule has 2 heterocycles. The van der Waals surface area contributed by atoms with E-state index in [1.807, 2.05) is 6.20 Å². The predicted molar refractivity (Wildman–Crippen MR) is 67.0 cm³/mol. The van der Waals surface area contributed by atoms with Crippen LogP contribution in [0.4, 0.5) is 0 Å². The first-order chi connectivity index (χ1) is 7.66. The molecule has 1 aliphatic carbocycles. The Kier molecular flexibility index (Phi) is 2.21. The quantitative estimate of drug-likeness (QED) is 0.787. The van der Waals surface area contributed by atoms with Gasteiger partial charge in [-0.1, -0.05) is 11.6 Å². The Hall–Kier alpha value is -1.02. The van der Waals surface area contributed by atoms with Crippen LogP contribution in [0.25, 0.3) is 10.9 Å². The number of hydrogen-bond donors (Lipinski definition) is 1. The van der Waals surface area contributed by atoms with Crippen LogP contribution in [0.2, 0.25) is 5.15 Å². The van der Waals surface area contributed by atoms with Gasteiger partial charge in [-0.15, -0.1) is 0 Å². The lowest BCUT2D eigenvalue weighted by Crippen LogP contribution is -1.91. The van der Waals surface area contributed by atoms with Crippen LogP contribution >= 0.6 is 11.6 Å². The molecule has 2 aromatic heterocycles. The van der Waals surface area contributed by atoms with Crippen LogP contribution in [0.3, 0.4) is 0 Å². The van der Waals surface area contributed by atoms with Crippen molar-refractivity contribution in [3.05, 3.63) is 28.2 Å². The maximum atomic E-state index is 6.12. The van der Waals surface area contributed by atoms with Crippen molar-refractivity contribution in [3.8, 4) is 0 Å². The van der Waals surface area contributed by atoms with Crippen molar-refractivity contribution in [1.82, 2.24) is 9.97 Å². The second-order valence-corrected chi connectivity index (χ2v) is 5.20. The Bertz CT molecular complexity index is 553. The number of nitrogens with zero attached hydrogens (tertiary/aromatic N) is 1. The molecule has 3 heteroatoms. The predicted octanol–water partition coefficient (Wildman–Crippen LogP) is 3.79. The first kappa shape index (κ1) is 10.2. The zero-order chi connectivity index (χ0) is 11.3. The molecule has 1 aliphatic rings. The Morgan fingerprint density at radius 2 is 2.19 bits per heavy atom. The standard InChI is InChI=1S/C13H15ClN2/c1-7-8(2)16-12-11(7)10(5-9-3-4-9)6-15-13(12)14/h6,9,16H,3-5H2,1-2H3. The summed E-state index contributed by atoms with van der Waals surface area (Å²) >= 11 is 6.12. The molecule has 1 saturated carbocycles. The van der Waals surface area contributed by atoms with Crippen molar-refractivity contribution < 1.29 is 0 Å². The highest BCUT2D eigenvalue weighted by Gasteiger charge is 2.24. The third-order valence-corrected chi connectivity index (χ3v) is 3.85. The number of aryl methyl sites for hydroxylation is 2. The summed E-state index contributed by atoms with van der Waals surface area (Å²) in [7, 11) is 0. The van der Waals surface area contributed by atoms with Crippen LogP contribution in [0.5, 0.6) is 0 Å². The average molecular weight is 235 g/mol. The molecule has 0 amide bonds. The summed E-state index contributed by atoms with van der Waals surface area (Å²) in [5.74, 6) is 0.876. The highest BCUT2D eigenvalue weighted by atomic mass is 35.5. The fourth-order valence-corrected chi connectivity index (χ4v) is 2.52. The van der Waals surface area contributed by atoms with Crippen LogP contribution in [0.15, 0.2) is 6.20 Å². The van der Waals surface area contributed by atoms with Gasteiger partial charge in [0, 0.05) is 17.3 Å². The number of hydrogen-bond acceptors (Lipinski definition) is 1. The molecule has 3 rings (SSSR count). The average Bonchev–Trinajstić information content (AvgIpc) is 3.01. The van der Waals surface area contributed by atoms with E-state index in [0.717, 1.165) is 17.9 Å². The van der Waals surface area contributed by atoms with Gasteiger partial charge in [0.25, 0.3) is 0 Å². The van der Waals surface area contributed by atoms with Crippen LogP contribution in [0, 0.1) is 19.8 Å². The van der Waals surface area contributed by atoms with E-state index < -0.39 is 0 Å². The minimum Gasteiger partial charge on any atom is -0.356 e. The van der Waals surface area contributed by atoms with E-state index in [9.17, 15) is 0 Å². The summed E-state index contributed by atoms with van der Waals surface area (Å²) in [6, 6.07) is 0. The Labute approximate surface area is 100 Å². The molecule has 2 nitrogen and oxygen atoms in total. The maximum absolute atomic E-state index is 6.12. The van der Waals surface area contributed by atoms with Crippen molar-refractivity contribution >= 4 is 22.5 Å². The van der Waals surface area contributed by atoms with Gasteiger partial charge in [0.15, 0.2) is 5.15 Å². The molecule has 0 aliphatic heterocycles. The molecule has 1 fully saturated rings. The number of nitrogens with one attached hydrogen (secondary N) is 1. The number of fused-ring (bicyclic) bond motifs is 1. The Morgan fingerprint density at radius 1 is 1.44 bits per heavy atom. The monoisotopic (exact) mass is 234 g/mol. The van der Waals surface area contributed by atoms with Gasteiger partial charge in [-0.05, 0) is 50.2 Å². The number of halogens is 1. The van der Waals surface area contributed by atoms with Crippen LogP contribution in [0.1, 0.15) is 29.7 Å². The molecule has 1 N–H and O–H groups in total. The number of aromatic nitrogens is 2. The van der Waals surface area contributed by atoms with Crippen molar-refractivity contribution in [3.63, 3.8) is 0 Å². The molecule has 0 radical (unpaired) electrons. The molecule has 16 heavy (non-hydrogen) atoms. The molecular weight excluding hydrogens is 220 g/mol. The van der Waals surface area contributed by atoms with E-state index in [1.54, 1.807) is 0 Å². The summed E-state index contributed by atoms with van der Waals surface area (Å²) in [5, 5.41) is 1.88. The topological polar surface area (TPSA) is 28.7 Å². The first-order valence-electron chi connectivity index (χ1n) is 5.79. The third-order valence-electron chi connectivity index (χ3n) is 3.57. The first-order valence-corrected chi connectivity index (χ1v) is 6.17. The minimum absolute atomic E-state index is 0.589. The minimum atomic E-state index is 0.589. The van der Waals surface area contributed by atoms with Crippen LogP contribution < -0.4 is 0 Å². The van der Waals surface area contributed by atoms with E-state index in [1.165, 1.54) is 35.0 Å². The maximum Gasteiger partial charge on any atom is 0.153 e. The molecule has 0 unspecified atom stereocenters. The second-order valence-electron chi connectivity index (χ2n) is 4.85. The van der Waals surface area contributed by atoms with E-state index >= 15 is 0 Å². The van der Waals surface area contributed by atoms with Crippen molar-refractivity contribution in [2.24, 2.45) is 5.92 Å². The molecule has 0 bridgehead atoms. The van der Waals surface area contributed by atoms with Crippen LogP contribution in [-0.4, -0.2) is 9.97 Å². The lowest BCUT2D eigenvalue weighted by atomic mass is 10.0. The smallest absolute Gasteiger partial charge is 0.153 e. The second kappa shape index (κ2) is 3.49. The summed E-state index contributed by atoms with van der Waals surface area (Å²) < 4.78 is 0. The van der Waals surface area contributed by atoms with Gasteiger partial charge in [-0.2, -0.15) is 0 Å². The van der Waals surface area contributed by atoms with E-state index in [-0.39, 0.29) is 0 Å². The van der Waals surface area contributed by atoms with Crippen LogP contribution in [-0.2, 0) is 6.42 Å². The van der Waals surface area contributed by atoms with Gasteiger partial charge in [0.2, 0.25) is 0 Å². The molecule has 0 aromatic carbocycles. The normalized spacial score (nSPS) is 15.9. The van der Waals surface area contributed by atoms with Crippen molar-refractivity contribution in [1.29, 1.82) is 0 Å². The lowest BCUT2D eigenvalue weighted by molar-refractivity contribution is 0.834. The van der Waals surface area contributed by atoms with Gasteiger partial charge >= 0.3 is 0 Å². The SMILES string of the molecule is Cc1[nH]c2c(Cl)ncc(CC3CC3)c2c1C.